The minimum absolute atomic E-state index is 0. The van der Waals surface area contributed by atoms with Gasteiger partial charge in [0.25, 0.3) is 12.4 Å². The van der Waals surface area contributed by atoms with E-state index in [9.17, 15) is 0 Å². The van der Waals surface area contributed by atoms with Gasteiger partial charge in [-0.2, -0.15) is 24.3 Å². The van der Waals surface area contributed by atoms with Crippen LogP contribution in [0.1, 0.15) is 71.2 Å². The molecule has 0 N–H and O–H groups in total. The minimum atomic E-state index is 0. The van der Waals surface area contributed by atoms with Gasteiger partial charge in [0.15, 0.2) is 0 Å². The molecule has 1 aliphatic heterocycles. The van der Waals surface area contributed by atoms with E-state index in [1.807, 2.05) is 6.07 Å². The zero-order chi connectivity index (χ0) is 37.3. The summed E-state index contributed by atoms with van der Waals surface area (Å²) in [4.78, 5) is 2.35. The quantitative estimate of drug-likeness (QED) is 0.0882. The van der Waals surface area contributed by atoms with Crippen LogP contribution in [0.2, 0.25) is 0 Å². The van der Waals surface area contributed by atoms with Crippen LogP contribution in [0.4, 0.5) is 28.4 Å². The molecular formula is C50H50AuN3+2. The van der Waals surface area contributed by atoms with Crippen molar-refractivity contribution < 1.29 is 31.5 Å². The summed E-state index contributed by atoms with van der Waals surface area (Å²) in [5, 5.41) is 0. The summed E-state index contributed by atoms with van der Waals surface area (Å²) < 4.78 is 4.20. The van der Waals surface area contributed by atoms with Crippen LogP contribution in [0.5, 0.6) is 0 Å². The number of nitrogens with zero attached hydrogens (tertiary/aromatic N) is 3. The number of hydrogen-bond donors (Lipinski definition) is 0. The molecule has 0 radical (unpaired) electrons. The van der Waals surface area contributed by atoms with E-state index in [0.29, 0.717) is 0 Å². The van der Waals surface area contributed by atoms with Crippen LogP contribution >= 0.6 is 0 Å². The average molecular weight is 890 g/mol. The third-order valence-electron chi connectivity index (χ3n) is 11.0. The molecule has 0 unspecified atom stereocenters. The fraction of sp³-hybridized carbons (Fsp3) is 0.220. The fourth-order valence-corrected chi connectivity index (χ4v) is 8.79. The maximum Gasteiger partial charge on any atom is 1.00 e. The first kappa shape index (κ1) is 38.7. The summed E-state index contributed by atoms with van der Waals surface area (Å²) in [5.74, 6) is 0. The topological polar surface area (TPSA) is 9.26 Å². The Morgan fingerprint density at radius 3 is 1.48 bits per heavy atom. The van der Waals surface area contributed by atoms with E-state index < -0.39 is 0 Å². The number of anilines is 3. The van der Waals surface area contributed by atoms with Gasteiger partial charge >= 0.3 is 28.4 Å². The largest absolute Gasteiger partial charge is 1.00 e. The number of benzene rings is 6. The molecule has 0 atom stereocenters. The van der Waals surface area contributed by atoms with Crippen molar-refractivity contribution in [1.82, 2.24) is 0 Å². The summed E-state index contributed by atoms with van der Waals surface area (Å²) in [6, 6.07) is 50.4. The molecule has 0 fully saturated rings. The molecule has 0 amide bonds. The SMILES string of the molecule is CCC1(CC)c2c[c-]ccc2-c2ccc(N(c3ccccc3)c3ccccc3)cc21.Cc1cc(C)c([N+]2=C=[N+](c3c(C)cc(C)cc3C)C=C2)c(C)c1.[Au+]. The fourth-order valence-electron chi connectivity index (χ4n) is 8.79. The van der Waals surface area contributed by atoms with Crippen molar-refractivity contribution in [2.75, 3.05) is 4.90 Å². The Bertz CT molecular complexity index is 2260. The normalized spacial score (nSPS) is 13.2. The van der Waals surface area contributed by atoms with E-state index in [1.165, 1.54) is 84.1 Å². The standard InChI is InChI=1S/C29H26N.C21H24N2.Au/c1-3-29(4-2)27-18-12-11-17-25(27)26-20-19-24(21-28(26)29)30(22-13-7-5-8-14-22)23-15-9-6-10-16-23;1-14-9-16(3)20(17(4)10-14)22-7-8-23(13-22)21-18(5)11-15(2)12-19(21)6;/h5-11,13-21H,3-4H2,1-2H3;7-12H,1-6H3;/q-1;+2;+1. The summed E-state index contributed by atoms with van der Waals surface area (Å²) in [7, 11) is 0. The first-order valence-electron chi connectivity index (χ1n) is 18.9. The van der Waals surface area contributed by atoms with Crippen molar-refractivity contribution in [1.29, 1.82) is 0 Å². The van der Waals surface area contributed by atoms with Crippen LogP contribution in [-0.2, 0) is 27.8 Å². The number of para-hydroxylation sites is 2. The predicted octanol–water partition coefficient (Wildman–Crippen LogP) is 13.2. The Balaban J connectivity index is 0.000000187. The van der Waals surface area contributed by atoms with Gasteiger partial charge in [-0.3, -0.25) is 0 Å². The van der Waals surface area contributed by atoms with Crippen LogP contribution in [0.25, 0.3) is 11.1 Å². The molecule has 2 aliphatic rings. The van der Waals surface area contributed by atoms with Crippen LogP contribution in [0.3, 0.4) is 0 Å². The Kier molecular flexibility index (Phi) is 11.6. The van der Waals surface area contributed by atoms with Gasteiger partial charge in [-0.05, 0) is 119 Å². The Labute approximate surface area is 338 Å². The van der Waals surface area contributed by atoms with Gasteiger partial charge in [0.05, 0.1) is 0 Å². The van der Waals surface area contributed by atoms with E-state index in [0.717, 1.165) is 12.8 Å². The first-order valence-corrected chi connectivity index (χ1v) is 18.9. The average Bonchev–Trinajstić information content (AvgIpc) is 3.73. The molecule has 54 heavy (non-hydrogen) atoms. The monoisotopic (exact) mass is 889 g/mol. The van der Waals surface area contributed by atoms with Gasteiger partial charge in [0.1, 0.15) is 0 Å². The van der Waals surface area contributed by atoms with Crippen LogP contribution in [0, 0.1) is 47.6 Å². The Morgan fingerprint density at radius 1 is 0.556 bits per heavy atom. The molecule has 3 nitrogen and oxygen atoms in total. The molecule has 274 valence electrons. The predicted molar refractivity (Wildman–Crippen MR) is 222 cm³/mol. The molecular weight excluding hydrogens is 840 g/mol. The van der Waals surface area contributed by atoms with Crippen molar-refractivity contribution in [3.8, 4) is 11.1 Å². The molecule has 1 aliphatic carbocycles. The molecule has 0 bridgehead atoms. The third-order valence-corrected chi connectivity index (χ3v) is 11.0. The smallest absolute Gasteiger partial charge is 0.310 e. The summed E-state index contributed by atoms with van der Waals surface area (Å²) in [5.41, 5.74) is 19.3. The van der Waals surface area contributed by atoms with Crippen molar-refractivity contribution >= 4 is 34.4 Å². The summed E-state index contributed by atoms with van der Waals surface area (Å²) in [6.07, 6.45) is 6.34. The van der Waals surface area contributed by atoms with Crippen molar-refractivity contribution in [2.45, 2.75) is 73.6 Å². The molecule has 6 aromatic carbocycles. The zero-order valence-electron chi connectivity index (χ0n) is 32.8. The summed E-state index contributed by atoms with van der Waals surface area (Å²) in [6.45, 7) is 17.6. The maximum absolute atomic E-state index is 3.48. The van der Waals surface area contributed by atoms with Gasteiger partial charge in [-0.15, -0.1) is 11.1 Å². The van der Waals surface area contributed by atoms with E-state index >= 15 is 0 Å². The third kappa shape index (κ3) is 7.14. The van der Waals surface area contributed by atoms with Crippen molar-refractivity contribution in [3.63, 3.8) is 0 Å². The van der Waals surface area contributed by atoms with E-state index in [-0.39, 0.29) is 27.8 Å². The molecule has 0 saturated carbocycles. The van der Waals surface area contributed by atoms with Crippen LogP contribution < -0.4 is 4.90 Å². The van der Waals surface area contributed by atoms with Gasteiger partial charge < -0.3 is 4.90 Å². The first-order chi connectivity index (χ1) is 25.6. The number of hydrogen-bond acceptors (Lipinski definition) is 1. The molecule has 0 spiro atoms. The van der Waals surface area contributed by atoms with Gasteiger partial charge in [0.2, 0.25) is 11.4 Å². The Hall–Kier alpha value is -5.02. The van der Waals surface area contributed by atoms with Gasteiger partial charge in [-0.1, -0.05) is 89.4 Å². The number of aryl methyl sites for hydroxylation is 6. The van der Waals surface area contributed by atoms with Crippen LogP contribution in [-0.4, -0.2) is 15.2 Å². The number of fused-ring (bicyclic) bond motifs is 3. The number of rotatable bonds is 7. The van der Waals surface area contributed by atoms with E-state index in [4.69, 9.17) is 0 Å². The second kappa shape index (κ2) is 16.1. The zero-order valence-corrected chi connectivity index (χ0v) is 34.9. The van der Waals surface area contributed by atoms with Gasteiger partial charge in [-0.25, -0.2) is 0 Å². The molecule has 6 aromatic rings. The summed E-state index contributed by atoms with van der Waals surface area (Å²) >= 11 is 0. The molecule has 1 heterocycles. The molecule has 0 saturated heterocycles. The Morgan fingerprint density at radius 2 is 1.02 bits per heavy atom. The molecule has 0 aromatic heterocycles. The second-order valence-electron chi connectivity index (χ2n) is 14.6. The van der Waals surface area contributed by atoms with Crippen molar-refractivity contribution in [2.24, 2.45) is 0 Å². The minimum Gasteiger partial charge on any atom is -0.310 e. The molecule has 4 heteroatoms. The molecule has 8 rings (SSSR count). The van der Waals surface area contributed by atoms with Crippen LogP contribution in [0.15, 0.2) is 134 Å². The van der Waals surface area contributed by atoms with E-state index in [1.54, 1.807) is 0 Å². The van der Waals surface area contributed by atoms with Gasteiger partial charge in [0, 0.05) is 39.3 Å². The second-order valence-corrected chi connectivity index (χ2v) is 14.6. The van der Waals surface area contributed by atoms with E-state index in [2.05, 4.69) is 209 Å². The maximum atomic E-state index is 3.48. The van der Waals surface area contributed by atoms with Crippen molar-refractivity contribution in [3.05, 3.63) is 184 Å².